The second-order valence-electron chi connectivity index (χ2n) is 14.9. The Labute approximate surface area is 286 Å². The molecule has 1 amide bonds. The number of rotatable bonds is 6. The molecule has 258 valence electrons. The summed E-state index contributed by atoms with van der Waals surface area (Å²) in [7, 11) is 4.02. The number of carbonyl (C=O) groups is 1. The topological polar surface area (TPSA) is 72.7 Å². The number of nitrogens with zero attached hydrogens (tertiary/aromatic N) is 5. The third-order valence-electron chi connectivity index (χ3n) is 11.8. The minimum absolute atomic E-state index is 0.0394. The summed E-state index contributed by atoms with van der Waals surface area (Å²) in [6, 6.07) is 8.45. The number of benzene rings is 2. The molecule has 8 nitrogen and oxygen atoms in total. The molecule has 1 aliphatic carbocycles. The summed E-state index contributed by atoms with van der Waals surface area (Å²) in [6.45, 7) is 8.75. The molecule has 4 atom stereocenters. The summed E-state index contributed by atoms with van der Waals surface area (Å²) in [5.41, 5.74) is 2.51. The van der Waals surface area contributed by atoms with Crippen LogP contribution in [0.3, 0.4) is 0 Å². The molecular formula is C37H46ClF2N5O3. The highest BCUT2D eigenvalue weighted by atomic mass is 35.5. The first-order valence-corrected chi connectivity index (χ1v) is 17.6. The number of piperidine rings is 1. The molecule has 11 heteroatoms. The van der Waals surface area contributed by atoms with E-state index in [0.717, 1.165) is 54.6 Å². The van der Waals surface area contributed by atoms with Gasteiger partial charge in [0, 0.05) is 62.4 Å². The van der Waals surface area contributed by atoms with Crippen LogP contribution in [0.5, 0.6) is 0 Å². The molecule has 3 fully saturated rings. The van der Waals surface area contributed by atoms with E-state index >= 15 is 4.39 Å². The minimum Gasteiger partial charge on any atom is -0.381 e. The minimum atomic E-state index is -0.609. The summed E-state index contributed by atoms with van der Waals surface area (Å²) in [5.74, 6) is -1.05. The summed E-state index contributed by atoms with van der Waals surface area (Å²) >= 11 is 6.73. The van der Waals surface area contributed by atoms with E-state index in [1.165, 1.54) is 12.1 Å². The average Bonchev–Trinajstić information content (AvgIpc) is 3.79. The highest BCUT2D eigenvalue weighted by molar-refractivity contribution is 6.31. The lowest BCUT2D eigenvalue weighted by Gasteiger charge is -2.42. The van der Waals surface area contributed by atoms with E-state index in [1.807, 2.05) is 18.9 Å². The van der Waals surface area contributed by atoms with Crippen LogP contribution in [0.4, 0.5) is 8.78 Å². The monoisotopic (exact) mass is 681 g/mol. The van der Waals surface area contributed by atoms with Gasteiger partial charge in [-0.05, 0) is 107 Å². The van der Waals surface area contributed by atoms with Crippen LogP contribution in [-0.4, -0.2) is 75.9 Å². The quantitative estimate of drug-likeness (QED) is 0.292. The average molecular weight is 682 g/mol. The molecule has 4 aliphatic rings. The van der Waals surface area contributed by atoms with Crippen molar-refractivity contribution in [3.05, 3.63) is 81.4 Å². The van der Waals surface area contributed by atoms with Crippen LogP contribution in [0.25, 0.3) is 0 Å². The molecule has 2 saturated heterocycles. The second-order valence-corrected chi connectivity index (χ2v) is 15.4. The van der Waals surface area contributed by atoms with Crippen LogP contribution in [-0.2, 0) is 32.3 Å². The van der Waals surface area contributed by atoms with E-state index in [2.05, 4.69) is 48.0 Å². The van der Waals surface area contributed by atoms with Crippen molar-refractivity contribution >= 4 is 17.5 Å². The Kier molecular flexibility index (Phi) is 8.92. The number of aromatic nitrogens is 3. The molecule has 1 saturated carbocycles. The summed E-state index contributed by atoms with van der Waals surface area (Å²) in [6.07, 6.45) is 5.68. The number of halogens is 3. The van der Waals surface area contributed by atoms with Gasteiger partial charge in [-0.25, -0.2) is 13.8 Å². The Bertz CT molecular complexity index is 1680. The third kappa shape index (κ3) is 5.76. The van der Waals surface area contributed by atoms with E-state index in [-0.39, 0.29) is 24.0 Å². The standard InChI is InChI=1S/C37H46ClF2N5O3/c1-22-16-29-30(20-31(22)38)37(48-33(29)36(2,3)35-41-21-42-44(35)5)10-12-45(13-11-37)34(46)28-19-25(43(4)24-8-14-47-15-9-24)18-27(28)26-7-6-23(39)17-32(26)40/h6-7,16-17,20-21,24-25,27-28,33H,8-15,18-19H2,1-5H3/t25?,27-,28+,33-/m0/s1. The molecule has 3 aliphatic heterocycles. The van der Waals surface area contributed by atoms with Gasteiger partial charge >= 0.3 is 0 Å². The van der Waals surface area contributed by atoms with Crippen LogP contribution in [0.2, 0.25) is 5.02 Å². The second kappa shape index (κ2) is 12.8. The Morgan fingerprint density at radius 1 is 1.06 bits per heavy atom. The maximum absolute atomic E-state index is 15.3. The summed E-state index contributed by atoms with van der Waals surface area (Å²) in [5, 5.41) is 5.02. The zero-order valence-corrected chi connectivity index (χ0v) is 29.3. The first-order valence-electron chi connectivity index (χ1n) is 17.3. The smallest absolute Gasteiger partial charge is 0.226 e. The molecular weight excluding hydrogens is 636 g/mol. The zero-order valence-electron chi connectivity index (χ0n) is 28.5. The van der Waals surface area contributed by atoms with Gasteiger partial charge in [-0.15, -0.1) is 0 Å². The Morgan fingerprint density at radius 3 is 2.46 bits per heavy atom. The molecule has 0 radical (unpaired) electrons. The molecule has 1 spiro atoms. The predicted molar refractivity (Wildman–Crippen MR) is 179 cm³/mol. The molecule has 0 N–H and O–H groups in total. The number of hydrogen-bond donors (Lipinski definition) is 0. The van der Waals surface area contributed by atoms with Gasteiger partial charge in [0.25, 0.3) is 0 Å². The van der Waals surface area contributed by atoms with Crippen LogP contribution in [0.1, 0.15) is 92.5 Å². The summed E-state index contributed by atoms with van der Waals surface area (Å²) < 4.78 is 43.8. The summed E-state index contributed by atoms with van der Waals surface area (Å²) in [4.78, 5) is 23.4. The maximum Gasteiger partial charge on any atom is 0.226 e. The molecule has 4 heterocycles. The highest BCUT2D eigenvalue weighted by Gasteiger charge is 2.54. The molecule has 0 bridgehead atoms. The van der Waals surface area contributed by atoms with E-state index in [9.17, 15) is 9.18 Å². The Morgan fingerprint density at radius 2 is 1.79 bits per heavy atom. The van der Waals surface area contributed by atoms with Gasteiger partial charge in [-0.1, -0.05) is 23.7 Å². The van der Waals surface area contributed by atoms with Gasteiger partial charge in [-0.2, -0.15) is 5.10 Å². The van der Waals surface area contributed by atoms with E-state index in [1.54, 1.807) is 11.0 Å². The van der Waals surface area contributed by atoms with Gasteiger partial charge in [0.15, 0.2) is 0 Å². The van der Waals surface area contributed by atoms with E-state index in [0.29, 0.717) is 55.4 Å². The van der Waals surface area contributed by atoms with Crippen LogP contribution in [0.15, 0.2) is 36.7 Å². The number of fused-ring (bicyclic) bond motifs is 2. The van der Waals surface area contributed by atoms with E-state index < -0.39 is 28.6 Å². The van der Waals surface area contributed by atoms with Gasteiger partial charge in [0.1, 0.15) is 23.8 Å². The number of aryl methyl sites for hydroxylation is 2. The number of amides is 1. The van der Waals surface area contributed by atoms with Crippen LogP contribution < -0.4 is 0 Å². The van der Waals surface area contributed by atoms with Crippen molar-refractivity contribution in [2.75, 3.05) is 33.4 Å². The third-order valence-corrected chi connectivity index (χ3v) is 12.2. The number of hydrogen-bond acceptors (Lipinski definition) is 6. The molecule has 1 unspecified atom stereocenters. The van der Waals surface area contributed by atoms with Gasteiger partial charge in [0.2, 0.25) is 5.91 Å². The first kappa shape index (κ1) is 33.6. The largest absolute Gasteiger partial charge is 0.381 e. The fourth-order valence-corrected chi connectivity index (χ4v) is 9.23. The van der Waals surface area contributed by atoms with E-state index in [4.69, 9.17) is 21.1 Å². The van der Waals surface area contributed by atoms with Crippen molar-refractivity contribution in [1.29, 1.82) is 0 Å². The number of likely N-dealkylation sites (tertiary alicyclic amines) is 1. The predicted octanol–water partition coefficient (Wildman–Crippen LogP) is 6.60. The lowest BCUT2D eigenvalue weighted by Crippen LogP contribution is -2.48. The molecule has 7 rings (SSSR count). The highest BCUT2D eigenvalue weighted by Crippen LogP contribution is 2.56. The van der Waals surface area contributed by atoms with Crippen molar-refractivity contribution in [3.63, 3.8) is 0 Å². The SMILES string of the molecule is Cc1cc2c(cc1Cl)C1(CCN(C(=O)[C@@H]3CC(N(C)C4CCOCC4)C[C@H]3c3ccc(F)cc3F)CC1)O[C@@H]2C(C)(C)c1ncnn1C. The Hall–Kier alpha value is -2.92. The Balaban J connectivity index is 1.14. The fraction of sp³-hybridized carbons (Fsp3) is 0.595. The van der Waals surface area contributed by atoms with Gasteiger partial charge in [0.05, 0.1) is 17.1 Å². The molecule has 48 heavy (non-hydrogen) atoms. The molecule has 2 aromatic carbocycles. The van der Waals surface area contributed by atoms with Crippen molar-refractivity contribution in [2.24, 2.45) is 13.0 Å². The van der Waals surface area contributed by atoms with Crippen LogP contribution in [0, 0.1) is 24.5 Å². The van der Waals surface area contributed by atoms with Gasteiger partial charge < -0.3 is 19.3 Å². The fourth-order valence-electron chi connectivity index (χ4n) is 9.06. The number of carbonyl (C=O) groups excluding carboxylic acids is 1. The molecule has 1 aromatic heterocycles. The zero-order chi connectivity index (χ0) is 34.0. The van der Waals surface area contributed by atoms with Crippen LogP contribution >= 0.6 is 11.6 Å². The van der Waals surface area contributed by atoms with Gasteiger partial charge in [-0.3, -0.25) is 9.48 Å². The van der Waals surface area contributed by atoms with Crippen molar-refractivity contribution in [2.45, 2.75) is 94.4 Å². The lowest BCUT2D eigenvalue weighted by molar-refractivity contribution is -0.151. The van der Waals surface area contributed by atoms with Crippen molar-refractivity contribution in [3.8, 4) is 0 Å². The number of ether oxygens (including phenoxy) is 2. The first-order chi connectivity index (χ1) is 22.9. The van der Waals surface area contributed by atoms with Crippen molar-refractivity contribution in [1.82, 2.24) is 24.6 Å². The maximum atomic E-state index is 15.3. The molecule has 3 aromatic rings. The lowest BCUT2D eigenvalue weighted by atomic mass is 9.78. The normalized spacial score (nSPS) is 26.1. The van der Waals surface area contributed by atoms with Crippen molar-refractivity contribution < 1.29 is 23.0 Å².